The van der Waals surface area contributed by atoms with Crippen LogP contribution in [-0.2, 0) is 11.2 Å². The molecular weight excluding hydrogens is 352 g/mol. The smallest absolute Gasteiger partial charge is 0.317 e. The Kier molecular flexibility index (Phi) is 7.44. The first-order valence-electron chi connectivity index (χ1n) is 9.85. The van der Waals surface area contributed by atoms with Crippen LogP contribution in [0, 0.1) is 0 Å². The van der Waals surface area contributed by atoms with Crippen molar-refractivity contribution in [3.05, 3.63) is 66.2 Å². The van der Waals surface area contributed by atoms with Crippen molar-refractivity contribution in [3.8, 4) is 0 Å². The van der Waals surface area contributed by atoms with Crippen molar-refractivity contribution < 1.29 is 9.59 Å². The highest BCUT2D eigenvalue weighted by Crippen LogP contribution is 2.07. The fraction of sp³-hybridized carbons (Fsp3) is 0.364. The fourth-order valence-corrected chi connectivity index (χ4v) is 3.28. The minimum Gasteiger partial charge on any atom is -0.338 e. The quantitative estimate of drug-likeness (QED) is 0.726. The second-order valence-corrected chi connectivity index (χ2v) is 7.00. The lowest BCUT2D eigenvalue weighted by Crippen LogP contribution is -2.53. The normalized spacial score (nSPS) is 14.5. The van der Waals surface area contributed by atoms with Crippen LogP contribution in [-0.4, -0.2) is 61.0 Å². The maximum absolute atomic E-state index is 12.3. The average molecular weight is 380 g/mol. The standard InChI is InChI=1S/C22H28N4O2/c27-21(24-20-11-5-2-6-12-20)18-25-14-16-26(17-15-25)22(28)23-13-7-10-19-8-3-1-4-9-19/h1-6,8-9,11-12H,7,10,13-18H2,(H,23,28)(H,24,27). The van der Waals surface area contributed by atoms with Crippen LogP contribution in [0.4, 0.5) is 10.5 Å². The molecule has 0 aliphatic carbocycles. The molecule has 1 aliphatic rings. The number of hydrogen-bond acceptors (Lipinski definition) is 3. The summed E-state index contributed by atoms with van der Waals surface area (Å²) in [4.78, 5) is 28.3. The maximum Gasteiger partial charge on any atom is 0.317 e. The number of hydrogen-bond donors (Lipinski definition) is 2. The number of amides is 3. The lowest BCUT2D eigenvalue weighted by molar-refractivity contribution is -0.117. The number of urea groups is 1. The summed E-state index contributed by atoms with van der Waals surface area (Å²) >= 11 is 0. The molecule has 0 bridgehead atoms. The van der Waals surface area contributed by atoms with Gasteiger partial charge < -0.3 is 15.5 Å². The van der Waals surface area contributed by atoms with Crippen molar-refractivity contribution in [2.45, 2.75) is 12.8 Å². The molecule has 28 heavy (non-hydrogen) atoms. The average Bonchev–Trinajstić information content (AvgIpc) is 2.73. The van der Waals surface area contributed by atoms with E-state index in [1.165, 1.54) is 5.56 Å². The molecule has 3 rings (SSSR count). The molecular formula is C22H28N4O2. The lowest BCUT2D eigenvalue weighted by atomic mass is 10.1. The minimum absolute atomic E-state index is 0.0125. The van der Waals surface area contributed by atoms with Gasteiger partial charge in [-0.05, 0) is 30.5 Å². The van der Waals surface area contributed by atoms with Crippen LogP contribution in [0.15, 0.2) is 60.7 Å². The number of carbonyl (C=O) groups excluding carboxylic acids is 2. The summed E-state index contributed by atoms with van der Waals surface area (Å²) in [5.41, 5.74) is 2.10. The third kappa shape index (κ3) is 6.39. The Morgan fingerprint density at radius 1 is 0.857 bits per heavy atom. The monoisotopic (exact) mass is 380 g/mol. The van der Waals surface area contributed by atoms with Crippen molar-refractivity contribution in [2.75, 3.05) is 44.6 Å². The van der Waals surface area contributed by atoms with Gasteiger partial charge in [-0.25, -0.2) is 4.79 Å². The summed E-state index contributed by atoms with van der Waals surface area (Å²) in [5.74, 6) is -0.0231. The van der Waals surface area contributed by atoms with E-state index in [1.54, 1.807) is 0 Å². The summed E-state index contributed by atoms with van der Waals surface area (Å²) < 4.78 is 0. The number of aryl methyl sites for hydroxylation is 1. The third-order valence-electron chi connectivity index (χ3n) is 4.85. The predicted octanol–water partition coefficient (Wildman–Crippen LogP) is 2.59. The Labute approximate surface area is 166 Å². The Morgan fingerprint density at radius 2 is 1.50 bits per heavy atom. The van der Waals surface area contributed by atoms with Crippen molar-refractivity contribution in [1.29, 1.82) is 0 Å². The Hall–Kier alpha value is -2.86. The van der Waals surface area contributed by atoms with E-state index in [1.807, 2.05) is 53.4 Å². The molecule has 0 atom stereocenters. The first-order valence-corrected chi connectivity index (χ1v) is 9.85. The molecule has 1 heterocycles. The summed E-state index contributed by atoms with van der Waals surface area (Å²) in [6.07, 6.45) is 1.89. The lowest BCUT2D eigenvalue weighted by Gasteiger charge is -2.34. The van der Waals surface area contributed by atoms with Crippen LogP contribution in [0.5, 0.6) is 0 Å². The second kappa shape index (κ2) is 10.5. The van der Waals surface area contributed by atoms with Crippen molar-refractivity contribution in [3.63, 3.8) is 0 Å². The van der Waals surface area contributed by atoms with Gasteiger partial charge >= 0.3 is 6.03 Å². The first-order chi connectivity index (χ1) is 13.7. The predicted molar refractivity (Wildman–Crippen MR) is 111 cm³/mol. The van der Waals surface area contributed by atoms with Gasteiger partial charge in [-0.3, -0.25) is 9.69 Å². The van der Waals surface area contributed by atoms with Gasteiger partial charge in [0.2, 0.25) is 5.91 Å². The summed E-state index contributed by atoms with van der Waals surface area (Å²) in [5, 5.41) is 5.90. The largest absolute Gasteiger partial charge is 0.338 e. The number of nitrogens with zero attached hydrogens (tertiary/aromatic N) is 2. The molecule has 1 fully saturated rings. The second-order valence-electron chi connectivity index (χ2n) is 7.00. The van der Waals surface area contributed by atoms with E-state index in [-0.39, 0.29) is 11.9 Å². The molecule has 0 aromatic heterocycles. The molecule has 3 amide bonds. The molecule has 2 aromatic carbocycles. The zero-order valence-corrected chi connectivity index (χ0v) is 16.1. The molecule has 0 unspecified atom stereocenters. The fourth-order valence-electron chi connectivity index (χ4n) is 3.28. The number of nitrogens with one attached hydrogen (secondary N) is 2. The van der Waals surface area contributed by atoms with Gasteiger partial charge in [-0.2, -0.15) is 0 Å². The van der Waals surface area contributed by atoms with Gasteiger partial charge in [-0.15, -0.1) is 0 Å². The van der Waals surface area contributed by atoms with Crippen molar-refractivity contribution in [2.24, 2.45) is 0 Å². The van der Waals surface area contributed by atoms with Gasteiger partial charge in [0.05, 0.1) is 6.54 Å². The van der Waals surface area contributed by atoms with E-state index >= 15 is 0 Å². The van der Waals surface area contributed by atoms with Crippen LogP contribution in [0.3, 0.4) is 0 Å². The number of piperazine rings is 1. The van der Waals surface area contributed by atoms with Crippen LogP contribution >= 0.6 is 0 Å². The number of anilines is 1. The van der Waals surface area contributed by atoms with E-state index in [2.05, 4.69) is 27.7 Å². The molecule has 0 radical (unpaired) electrons. The highest BCUT2D eigenvalue weighted by atomic mass is 16.2. The zero-order chi connectivity index (χ0) is 19.6. The highest BCUT2D eigenvalue weighted by Gasteiger charge is 2.22. The first kappa shape index (κ1) is 19.9. The molecule has 2 N–H and O–H groups in total. The Balaban J connectivity index is 1.31. The van der Waals surface area contributed by atoms with E-state index in [4.69, 9.17) is 0 Å². The molecule has 2 aromatic rings. The zero-order valence-electron chi connectivity index (χ0n) is 16.1. The summed E-state index contributed by atoms with van der Waals surface area (Å²) in [6.45, 7) is 3.72. The topological polar surface area (TPSA) is 64.7 Å². The number of rotatable bonds is 7. The van der Waals surface area contributed by atoms with Crippen LogP contribution in [0.2, 0.25) is 0 Å². The van der Waals surface area contributed by atoms with Gasteiger partial charge in [0.15, 0.2) is 0 Å². The van der Waals surface area contributed by atoms with E-state index in [0.29, 0.717) is 39.3 Å². The van der Waals surface area contributed by atoms with Crippen LogP contribution in [0.1, 0.15) is 12.0 Å². The molecule has 6 heteroatoms. The molecule has 1 saturated heterocycles. The van der Waals surface area contributed by atoms with Crippen molar-refractivity contribution >= 4 is 17.6 Å². The Bertz CT molecular complexity index is 744. The van der Waals surface area contributed by atoms with Crippen LogP contribution in [0.25, 0.3) is 0 Å². The van der Waals surface area contributed by atoms with E-state index in [0.717, 1.165) is 18.5 Å². The third-order valence-corrected chi connectivity index (χ3v) is 4.85. The van der Waals surface area contributed by atoms with Gasteiger partial charge in [0.1, 0.15) is 0 Å². The van der Waals surface area contributed by atoms with Gasteiger partial charge in [-0.1, -0.05) is 48.5 Å². The van der Waals surface area contributed by atoms with Crippen LogP contribution < -0.4 is 10.6 Å². The molecule has 1 aliphatic heterocycles. The minimum atomic E-state index is -0.0231. The number of carbonyl (C=O) groups is 2. The highest BCUT2D eigenvalue weighted by molar-refractivity contribution is 5.92. The number of benzene rings is 2. The van der Waals surface area contributed by atoms with Crippen molar-refractivity contribution in [1.82, 2.24) is 15.1 Å². The molecule has 0 saturated carbocycles. The molecule has 0 spiro atoms. The molecule has 148 valence electrons. The molecule has 6 nitrogen and oxygen atoms in total. The van der Waals surface area contributed by atoms with E-state index < -0.39 is 0 Å². The Morgan fingerprint density at radius 3 is 2.18 bits per heavy atom. The number of para-hydroxylation sites is 1. The van der Waals surface area contributed by atoms with Gasteiger partial charge in [0.25, 0.3) is 0 Å². The SMILES string of the molecule is O=C(CN1CCN(C(=O)NCCCc2ccccc2)CC1)Nc1ccccc1. The maximum atomic E-state index is 12.3. The summed E-state index contributed by atoms with van der Waals surface area (Å²) in [6, 6.07) is 19.7. The van der Waals surface area contributed by atoms with E-state index in [9.17, 15) is 9.59 Å². The van der Waals surface area contributed by atoms with Gasteiger partial charge in [0, 0.05) is 38.4 Å². The summed E-state index contributed by atoms with van der Waals surface area (Å²) in [7, 11) is 0.